The Labute approximate surface area is 178 Å². The summed E-state index contributed by atoms with van der Waals surface area (Å²) in [6, 6.07) is 19.5. The molecule has 5 heteroatoms. The first-order chi connectivity index (χ1) is 14.6. The first kappa shape index (κ1) is 20.6. The third-order valence-corrected chi connectivity index (χ3v) is 6.65. The number of nitrogens with one attached hydrogen (secondary N) is 1. The van der Waals surface area contributed by atoms with Crippen molar-refractivity contribution >= 4 is 11.7 Å². The SMILES string of the molecule is N=C(Cc1ccccc1)N1CCN(C(=O)[C@](O)(c2ccccc2)C2CCCC2)CC1. The molecule has 1 heterocycles. The molecule has 0 radical (unpaired) electrons. The van der Waals surface area contributed by atoms with Gasteiger partial charge < -0.3 is 14.9 Å². The molecular formula is C25H31N3O2. The largest absolute Gasteiger partial charge is 0.375 e. The maximum atomic E-state index is 13.6. The average Bonchev–Trinajstić information content (AvgIpc) is 3.35. The van der Waals surface area contributed by atoms with E-state index in [9.17, 15) is 9.90 Å². The molecule has 5 nitrogen and oxygen atoms in total. The number of rotatable bonds is 5. The van der Waals surface area contributed by atoms with Crippen LogP contribution in [0.5, 0.6) is 0 Å². The third kappa shape index (κ3) is 4.12. The molecule has 2 aromatic rings. The van der Waals surface area contributed by atoms with Gasteiger partial charge in [0.2, 0.25) is 0 Å². The number of carbonyl (C=O) groups is 1. The fourth-order valence-corrected chi connectivity index (χ4v) is 4.89. The van der Waals surface area contributed by atoms with Gasteiger partial charge >= 0.3 is 0 Å². The van der Waals surface area contributed by atoms with E-state index in [4.69, 9.17) is 5.41 Å². The second kappa shape index (κ2) is 9.00. The summed E-state index contributed by atoms with van der Waals surface area (Å²) >= 11 is 0. The minimum absolute atomic E-state index is 0.0261. The number of aliphatic hydroxyl groups is 1. The number of hydrogen-bond acceptors (Lipinski definition) is 3. The minimum Gasteiger partial charge on any atom is -0.375 e. The van der Waals surface area contributed by atoms with Gasteiger partial charge in [0, 0.05) is 38.5 Å². The Morgan fingerprint density at radius 1 is 0.900 bits per heavy atom. The lowest BCUT2D eigenvalue weighted by atomic mass is 9.79. The van der Waals surface area contributed by atoms with Gasteiger partial charge in [-0.1, -0.05) is 73.5 Å². The number of carbonyl (C=O) groups excluding carboxylic acids is 1. The van der Waals surface area contributed by atoms with Crippen LogP contribution >= 0.6 is 0 Å². The highest BCUT2D eigenvalue weighted by Crippen LogP contribution is 2.42. The lowest BCUT2D eigenvalue weighted by molar-refractivity contribution is -0.160. The Kier molecular flexibility index (Phi) is 6.18. The van der Waals surface area contributed by atoms with Crippen LogP contribution < -0.4 is 0 Å². The molecule has 0 bridgehead atoms. The van der Waals surface area contributed by atoms with E-state index in [1.807, 2.05) is 65.6 Å². The Bertz CT molecular complexity index is 856. The lowest BCUT2D eigenvalue weighted by Gasteiger charge is -2.42. The zero-order valence-electron chi connectivity index (χ0n) is 17.5. The average molecular weight is 406 g/mol. The summed E-state index contributed by atoms with van der Waals surface area (Å²) in [4.78, 5) is 17.4. The van der Waals surface area contributed by atoms with Gasteiger partial charge in [0.25, 0.3) is 5.91 Å². The second-order valence-corrected chi connectivity index (χ2v) is 8.50. The van der Waals surface area contributed by atoms with Crippen molar-refractivity contribution in [3.8, 4) is 0 Å². The minimum atomic E-state index is -1.45. The number of amides is 1. The first-order valence-electron chi connectivity index (χ1n) is 11.0. The molecule has 2 aromatic carbocycles. The Balaban J connectivity index is 1.44. The molecule has 30 heavy (non-hydrogen) atoms. The van der Waals surface area contributed by atoms with Crippen LogP contribution in [0.25, 0.3) is 0 Å². The normalized spacial score (nSPS) is 19.5. The molecule has 158 valence electrons. The van der Waals surface area contributed by atoms with Crippen molar-refractivity contribution in [1.29, 1.82) is 5.41 Å². The van der Waals surface area contributed by atoms with Crippen molar-refractivity contribution in [3.05, 3.63) is 71.8 Å². The summed E-state index contributed by atoms with van der Waals surface area (Å²) < 4.78 is 0. The van der Waals surface area contributed by atoms with Crippen molar-refractivity contribution in [2.45, 2.75) is 37.7 Å². The molecule has 1 saturated carbocycles. The Morgan fingerprint density at radius 2 is 1.43 bits per heavy atom. The molecule has 0 spiro atoms. The Morgan fingerprint density at radius 3 is 2.03 bits per heavy atom. The van der Waals surface area contributed by atoms with Gasteiger partial charge in [0.1, 0.15) is 5.84 Å². The third-order valence-electron chi connectivity index (χ3n) is 6.65. The summed E-state index contributed by atoms with van der Waals surface area (Å²) in [6.45, 7) is 2.34. The zero-order chi connectivity index (χ0) is 21.0. The quantitative estimate of drug-likeness (QED) is 0.592. The van der Waals surface area contributed by atoms with E-state index < -0.39 is 5.60 Å². The van der Waals surface area contributed by atoms with Gasteiger partial charge in [0.15, 0.2) is 5.60 Å². The van der Waals surface area contributed by atoms with E-state index in [0.29, 0.717) is 44.0 Å². The first-order valence-corrected chi connectivity index (χ1v) is 11.0. The summed E-state index contributed by atoms with van der Waals surface area (Å²) in [7, 11) is 0. The fourth-order valence-electron chi connectivity index (χ4n) is 4.89. The number of amidine groups is 1. The van der Waals surface area contributed by atoms with Crippen LogP contribution in [0.2, 0.25) is 0 Å². The number of piperazine rings is 1. The van der Waals surface area contributed by atoms with E-state index in [0.717, 1.165) is 31.2 Å². The molecule has 1 saturated heterocycles. The highest BCUT2D eigenvalue weighted by molar-refractivity contribution is 5.87. The van der Waals surface area contributed by atoms with Gasteiger partial charge in [-0.05, 0) is 24.0 Å². The maximum Gasteiger partial charge on any atom is 0.259 e. The molecule has 2 N–H and O–H groups in total. The topological polar surface area (TPSA) is 67.6 Å². The predicted octanol–water partition coefficient (Wildman–Crippen LogP) is 3.43. The smallest absolute Gasteiger partial charge is 0.259 e. The van der Waals surface area contributed by atoms with Crippen molar-refractivity contribution < 1.29 is 9.90 Å². The molecular weight excluding hydrogens is 374 g/mol. The molecule has 0 aromatic heterocycles. The highest BCUT2D eigenvalue weighted by atomic mass is 16.3. The van der Waals surface area contributed by atoms with Crippen LogP contribution in [-0.4, -0.2) is 52.8 Å². The van der Waals surface area contributed by atoms with Gasteiger partial charge in [-0.3, -0.25) is 10.2 Å². The lowest BCUT2D eigenvalue weighted by Crippen LogP contribution is -2.57. The van der Waals surface area contributed by atoms with Crippen molar-refractivity contribution in [1.82, 2.24) is 9.80 Å². The Hall–Kier alpha value is -2.66. The van der Waals surface area contributed by atoms with Crippen LogP contribution in [0.15, 0.2) is 60.7 Å². The monoisotopic (exact) mass is 405 g/mol. The molecule has 2 aliphatic rings. The molecule has 1 aliphatic carbocycles. The van der Waals surface area contributed by atoms with Gasteiger partial charge in [-0.15, -0.1) is 0 Å². The van der Waals surface area contributed by atoms with E-state index in [1.165, 1.54) is 0 Å². The van der Waals surface area contributed by atoms with Crippen LogP contribution in [0.3, 0.4) is 0 Å². The van der Waals surface area contributed by atoms with Gasteiger partial charge in [-0.2, -0.15) is 0 Å². The predicted molar refractivity (Wildman–Crippen MR) is 118 cm³/mol. The summed E-state index contributed by atoms with van der Waals surface area (Å²) in [6.07, 6.45) is 4.51. The number of nitrogens with zero attached hydrogens (tertiary/aromatic N) is 2. The van der Waals surface area contributed by atoms with Crippen LogP contribution in [0.1, 0.15) is 36.8 Å². The summed E-state index contributed by atoms with van der Waals surface area (Å²) in [5, 5.41) is 20.2. The standard InChI is InChI=1S/C25H31N3O2/c26-23(19-20-9-3-1-4-10-20)27-15-17-28(18-16-27)24(29)25(30,22-13-7-8-14-22)21-11-5-2-6-12-21/h1-6,9-12,22,26,30H,7-8,13-19H2/t25-/m0/s1. The molecule has 0 unspecified atom stereocenters. The molecule has 1 atom stereocenters. The van der Waals surface area contributed by atoms with E-state index in [2.05, 4.69) is 0 Å². The molecule has 2 fully saturated rings. The zero-order valence-corrected chi connectivity index (χ0v) is 17.5. The van der Waals surface area contributed by atoms with Crippen molar-refractivity contribution in [2.24, 2.45) is 5.92 Å². The molecule has 4 rings (SSSR count). The summed E-state index contributed by atoms with van der Waals surface area (Å²) in [5.74, 6) is 0.388. The molecule has 1 amide bonds. The van der Waals surface area contributed by atoms with E-state index >= 15 is 0 Å². The van der Waals surface area contributed by atoms with Gasteiger partial charge in [0.05, 0.1) is 0 Å². The number of hydrogen-bond donors (Lipinski definition) is 2. The highest BCUT2D eigenvalue weighted by Gasteiger charge is 2.48. The van der Waals surface area contributed by atoms with Gasteiger partial charge in [-0.25, -0.2) is 0 Å². The number of benzene rings is 2. The molecule has 1 aliphatic heterocycles. The second-order valence-electron chi connectivity index (χ2n) is 8.50. The van der Waals surface area contributed by atoms with E-state index in [-0.39, 0.29) is 11.8 Å². The van der Waals surface area contributed by atoms with E-state index in [1.54, 1.807) is 4.90 Å². The van der Waals surface area contributed by atoms with Crippen molar-refractivity contribution in [3.63, 3.8) is 0 Å². The van der Waals surface area contributed by atoms with Crippen LogP contribution in [0.4, 0.5) is 0 Å². The van der Waals surface area contributed by atoms with Crippen LogP contribution in [0, 0.1) is 11.3 Å². The van der Waals surface area contributed by atoms with Crippen molar-refractivity contribution in [2.75, 3.05) is 26.2 Å². The summed E-state index contributed by atoms with van der Waals surface area (Å²) in [5.41, 5.74) is 0.388. The fraction of sp³-hybridized carbons (Fsp3) is 0.440. The maximum absolute atomic E-state index is 13.6. The van der Waals surface area contributed by atoms with Crippen LogP contribution in [-0.2, 0) is 16.8 Å².